The van der Waals surface area contributed by atoms with Crippen LogP contribution in [0.15, 0.2) is 36.5 Å². The number of amides is 2. The van der Waals surface area contributed by atoms with E-state index in [0.29, 0.717) is 25.3 Å². The molecule has 4 rings (SSSR count). The number of nitrogens with one attached hydrogen (secondary N) is 1. The molecule has 1 aromatic carbocycles. The lowest BCUT2D eigenvalue weighted by Crippen LogP contribution is -2.51. The van der Waals surface area contributed by atoms with Crippen molar-refractivity contribution in [2.75, 3.05) is 11.5 Å². The van der Waals surface area contributed by atoms with E-state index < -0.39 is 15.4 Å². The lowest BCUT2D eigenvalue weighted by atomic mass is 10.0. The first kappa shape index (κ1) is 17.0. The molecule has 136 valence electrons. The Bertz CT molecular complexity index is 962. The van der Waals surface area contributed by atoms with Crippen LogP contribution in [0.25, 0.3) is 11.4 Å². The van der Waals surface area contributed by atoms with Crippen LogP contribution in [0.5, 0.6) is 0 Å². The van der Waals surface area contributed by atoms with Crippen molar-refractivity contribution in [2.24, 2.45) is 0 Å². The van der Waals surface area contributed by atoms with Crippen LogP contribution in [0.3, 0.4) is 0 Å². The predicted molar refractivity (Wildman–Crippen MR) is 96.9 cm³/mol. The first-order chi connectivity index (χ1) is 12.3. The minimum atomic E-state index is -3.07. The van der Waals surface area contributed by atoms with Gasteiger partial charge in [0.2, 0.25) is 0 Å². The molecule has 0 bridgehead atoms. The topological polar surface area (TPSA) is 92.3 Å². The van der Waals surface area contributed by atoms with Crippen LogP contribution in [-0.4, -0.2) is 46.4 Å². The van der Waals surface area contributed by atoms with Crippen LogP contribution < -0.4 is 5.32 Å². The molecule has 1 saturated heterocycles. The summed E-state index contributed by atoms with van der Waals surface area (Å²) in [5.41, 5.74) is 1.98. The number of nitrogens with zero attached hydrogens (tertiary/aromatic N) is 3. The van der Waals surface area contributed by atoms with Gasteiger partial charge in [-0.2, -0.15) is 0 Å². The van der Waals surface area contributed by atoms with Crippen molar-refractivity contribution in [3.8, 4) is 11.4 Å². The Morgan fingerprint density at radius 1 is 1.23 bits per heavy atom. The van der Waals surface area contributed by atoms with Crippen LogP contribution in [0.4, 0.5) is 4.79 Å². The van der Waals surface area contributed by atoms with Crippen molar-refractivity contribution in [3.05, 3.63) is 47.8 Å². The molecule has 7 nitrogen and oxygen atoms in total. The fraction of sp³-hybridized carbons (Fsp3) is 0.389. The van der Waals surface area contributed by atoms with Gasteiger partial charge in [-0.3, -0.25) is 0 Å². The van der Waals surface area contributed by atoms with Gasteiger partial charge in [-0.15, -0.1) is 0 Å². The summed E-state index contributed by atoms with van der Waals surface area (Å²) in [4.78, 5) is 23.3. The van der Waals surface area contributed by atoms with E-state index in [1.807, 2.05) is 30.3 Å². The smallest absolute Gasteiger partial charge is 0.318 e. The Kier molecular flexibility index (Phi) is 3.95. The second-order valence-corrected chi connectivity index (χ2v) is 9.40. The van der Waals surface area contributed by atoms with Gasteiger partial charge in [0.05, 0.1) is 35.8 Å². The minimum Gasteiger partial charge on any atom is -0.332 e. The highest BCUT2D eigenvalue weighted by Crippen LogP contribution is 2.26. The molecule has 3 heterocycles. The lowest BCUT2D eigenvalue weighted by Gasteiger charge is -2.27. The average Bonchev–Trinajstić information content (AvgIpc) is 3.15. The third-order valence-corrected chi connectivity index (χ3v) is 6.79. The summed E-state index contributed by atoms with van der Waals surface area (Å²) in [5, 5.41) is 2.89. The van der Waals surface area contributed by atoms with Gasteiger partial charge in [-0.05, 0) is 13.3 Å². The molecule has 2 aromatic rings. The highest BCUT2D eigenvalue weighted by molar-refractivity contribution is 7.91. The molecule has 0 unspecified atom stereocenters. The zero-order valence-electron chi connectivity index (χ0n) is 14.5. The third kappa shape index (κ3) is 3.29. The number of urea groups is 1. The molecule has 2 aliphatic heterocycles. The SMILES string of the molecule is C[C@@]1(NC(=O)N2Cc3cnc(-c4ccccc4)nc3C2)CCS(=O)(=O)C1. The van der Waals surface area contributed by atoms with Crippen LogP contribution >= 0.6 is 0 Å². The fourth-order valence-corrected chi connectivity index (χ4v) is 5.56. The molecule has 2 aliphatic rings. The Hall–Kier alpha value is -2.48. The molecular weight excluding hydrogens is 352 g/mol. The molecule has 2 amide bonds. The summed E-state index contributed by atoms with van der Waals surface area (Å²) in [6, 6.07) is 9.44. The second-order valence-electron chi connectivity index (χ2n) is 7.22. The maximum atomic E-state index is 12.6. The van der Waals surface area contributed by atoms with Gasteiger partial charge in [-0.1, -0.05) is 30.3 Å². The Morgan fingerprint density at radius 3 is 2.69 bits per heavy atom. The number of hydrogen-bond donors (Lipinski definition) is 1. The summed E-state index contributed by atoms with van der Waals surface area (Å²) in [6.45, 7) is 2.61. The van der Waals surface area contributed by atoms with Crippen molar-refractivity contribution in [1.29, 1.82) is 0 Å². The Labute approximate surface area is 152 Å². The van der Waals surface area contributed by atoms with E-state index in [0.717, 1.165) is 16.8 Å². The van der Waals surface area contributed by atoms with E-state index in [9.17, 15) is 13.2 Å². The molecule has 26 heavy (non-hydrogen) atoms. The van der Waals surface area contributed by atoms with E-state index in [-0.39, 0.29) is 17.5 Å². The van der Waals surface area contributed by atoms with E-state index in [1.54, 1.807) is 18.0 Å². The monoisotopic (exact) mass is 372 g/mol. The lowest BCUT2D eigenvalue weighted by molar-refractivity contribution is 0.187. The summed E-state index contributed by atoms with van der Waals surface area (Å²) < 4.78 is 23.4. The minimum absolute atomic E-state index is 0.00944. The zero-order chi connectivity index (χ0) is 18.4. The predicted octanol–water partition coefficient (Wildman–Crippen LogP) is 1.75. The van der Waals surface area contributed by atoms with Crippen molar-refractivity contribution in [2.45, 2.75) is 32.0 Å². The Balaban J connectivity index is 1.48. The molecule has 1 N–H and O–H groups in total. The second kappa shape index (κ2) is 6.05. The number of aromatic nitrogens is 2. The van der Waals surface area contributed by atoms with Gasteiger partial charge in [-0.25, -0.2) is 23.2 Å². The normalized spacial score (nSPS) is 23.7. The zero-order valence-corrected chi connectivity index (χ0v) is 15.3. The molecule has 1 fully saturated rings. The first-order valence-corrected chi connectivity index (χ1v) is 10.3. The van der Waals surface area contributed by atoms with Gasteiger partial charge in [0.15, 0.2) is 15.7 Å². The maximum Gasteiger partial charge on any atom is 0.318 e. The molecule has 0 saturated carbocycles. The third-order valence-electron chi connectivity index (χ3n) is 4.89. The van der Waals surface area contributed by atoms with Gasteiger partial charge >= 0.3 is 6.03 Å². The average molecular weight is 372 g/mol. The number of carbonyl (C=O) groups is 1. The molecule has 1 atom stereocenters. The van der Waals surface area contributed by atoms with Crippen molar-refractivity contribution in [3.63, 3.8) is 0 Å². The van der Waals surface area contributed by atoms with Crippen molar-refractivity contribution >= 4 is 15.9 Å². The number of carbonyl (C=O) groups excluding carboxylic acids is 1. The number of fused-ring (bicyclic) bond motifs is 1. The highest BCUT2D eigenvalue weighted by atomic mass is 32.2. The number of rotatable bonds is 2. The highest BCUT2D eigenvalue weighted by Gasteiger charge is 2.40. The van der Waals surface area contributed by atoms with Gasteiger partial charge in [0.1, 0.15) is 0 Å². The van der Waals surface area contributed by atoms with E-state index >= 15 is 0 Å². The van der Waals surface area contributed by atoms with E-state index in [1.165, 1.54) is 0 Å². The van der Waals surface area contributed by atoms with E-state index in [4.69, 9.17) is 0 Å². The maximum absolute atomic E-state index is 12.6. The summed E-state index contributed by atoms with van der Waals surface area (Å²) >= 11 is 0. The van der Waals surface area contributed by atoms with Crippen LogP contribution in [0, 0.1) is 0 Å². The largest absolute Gasteiger partial charge is 0.332 e. The summed E-state index contributed by atoms with van der Waals surface area (Å²) in [5.74, 6) is 0.751. The van der Waals surface area contributed by atoms with Gasteiger partial charge in [0.25, 0.3) is 0 Å². The van der Waals surface area contributed by atoms with Gasteiger partial charge < -0.3 is 10.2 Å². The van der Waals surface area contributed by atoms with Gasteiger partial charge in [0, 0.05) is 17.3 Å². The van der Waals surface area contributed by atoms with E-state index in [2.05, 4.69) is 15.3 Å². The van der Waals surface area contributed by atoms with Crippen LogP contribution in [-0.2, 0) is 22.9 Å². The standard InChI is InChI=1S/C18H20N4O3S/c1-18(7-8-26(24,25)12-18)21-17(23)22-10-14-9-19-16(20-15(14)11-22)13-5-3-2-4-6-13/h2-6,9H,7-8,10-12H2,1H3,(H,21,23)/t18-/m1/s1. The van der Waals surface area contributed by atoms with Crippen LogP contribution in [0.2, 0.25) is 0 Å². The molecule has 0 radical (unpaired) electrons. The molecule has 1 aromatic heterocycles. The first-order valence-electron chi connectivity index (χ1n) is 8.51. The number of benzene rings is 1. The molecule has 8 heteroatoms. The molecule has 0 spiro atoms. The van der Waals surface area contributed by atoms with Crippen molar-refractivity contribution in [1.82, 2.24) is 20.2 Å². The fourth-order valence-electron chi connectivity index (χ4n) is 3.47. The number of sulfone groups is 1. The summed E-state index contributed by atoms with van der Waals surface area (Å²) in [6.07, 6.45) is 2.21. The number of hydrogen-bond acceptors (Lipinski definition) is 5. The molecular formula is C18H20N4O3S. The Morgan fingerprint density at radius 2 is 2.00 bits per heavy atom. The van der Waals surface area contributed by atoms with Crippen molar-refractivity contribution < 1.29 is 13.2 Å². The quantitative estimate of drug-likeness (QED) is 0.867. The molecule has 0 aliphatic carbocycles. The summed E-state index contributed by atoms with van der Waals surface area (Å²) in [7, 11) is -3.07. The van der Waals surface area contributed by atoms with Crippen LogP contribution in [0.1, 0.15) is 24.6 Å².